The Bertz CT molecular complexity index is 659. The van der Waals surface area contributed by atoms with E-state index in [1.807, 2.05) is 0 Å². The van der Waals surface area contributed by atoms with Crippen LogP contribution in [0.5, 0.6) is 0 Å². The highest BCUT2D eigenvalue weighted by Crippen LogP contribution is 2.20. The van der Waals surface area contributed by atoms with Gasteiger partial charge in [-0.25, -0.2) is 13.1 Å². The van der Waals surface area contributed by atoms with Gasteiger partial charge in [0, 0.05) is 12.1 Å². The summed E-state index contributed by atoms with van der Waals surface area (Å²) >= 11 is 0. The standard InChI is InChI=1S/C12H15N3O4S/c16-20(17,15-8-11-5-6-14-19-11)12-4-3-10(18-12)7-13-9-1-2-9/h3-6,9,13,15H,1-2,7-8H2. The molecule has 20 heavy (non-hydrogen) atoms. The van der Waals surface area contributed by atoms with E-state index in [1.54, 1.807) is 12.1 Å². The van der Waals surface area contributed by atoms with Gasteiger partial charge in [0.2, 0.25) is 5.09 Å². The molecule has 1 saturated carbocycles. The monoisotopic (exact) mass is 297 g/mol. The van der Waals surface area contributed by atoms with Gasteiger partial charge in [0.15, 0.2) is 5.76 Å². The van der Waals surface area contributed by atoms with Crippen molar-refractivity contribution in [1.29, 1.82) is 0 Å². The highest BCUT2D eigenvalue weighted by Gasteiger charge is 2.22. The van der Waals surface area contributed by atoms with Crippen molar-refractivity contribution < 1.29 is 17.4 Å². The van der Waals surface area contributed by atoms with Gasteiger partial charge in [0.1, 0.15) is 5.76 Å². The van der Waals surface area contributed by atoms with E-state index >= 15 is 0 Å². The molecule has 2 aromatic rings. The fourth-order valence-electron chi connectivity index (χ4n) is 1.70. The van der Waals surface area contributed by atoms with E-state index in [9.17, 15) is 8.42 Å². The molecule has 0 spiro atoms. The number of furan rings is 1. The first-order valence-electron chi connectivity index (χ1n) is 6.35. The zero-order valence-corrected chi connectivity index (χ0v) is 11.5. The van der Waals surface area contributed by atoms with Crippen LogP contribution in [0.3, 0.4) is 0 Å². The lowest BCUT2D eigenvalue weighted by molar-refractivity contribution is 0.376. The van der Waals surface area contributed by atoms with Crippen LogP contribution in [0, 0.1) is 0 Å². The van der Waals surface area contributed by atoms with Crippen LogP contribution in [-0.4, -0.2) is 19.6 Å². The highest BCUT2D eigenvalue weighted by atomic mass is 32.2. The summed E-state index contributed by atoms with van der Waals surface area (Å²) in [6.45, 7) is 0.584. The predicted octanol–water partition coefficient (Wildman–Crippen LogP) is 0.998. The molecule has 1 fully saturated rings. The molecule has 2 aromatic heterocycles. The fourth-order valence-corrected chi connectivity index (χ4v) is 2.64. The summed E-state index contributed by atoms with van der Waals surface area (Å²) in [6.07, 6.45) is 3.80. The van der Waals surface area contributed by atoms with E-state index < -0.39 is 10.0 Å². The lowest BCUT2D eigenvalue weighted by atomic mass is 10.4. The number of nitrogens with one attached hydrogen (secondary N) is 2. The van der Waals surface area contributed by atoms with Crippen LogP contribution in [0.15, 0.2) is 38.4 Å². The zero-order valence-electron chi connectivity index (χ0n) is 10.7. The van der Waals surface area contributed by atoms with Gasteiger partial charge in [0.25, 0.3) is 10.0 Å². The van der Waals surface area contributed by atoms with Crippen molar-refractivity contribution in [2.24, 2.45) is 0 Å². The van der Waals surface area contributed by atoms with Gasteiger partial charge >= 0.3 is 0 Å². The third-order valence-corrected chi connectivity index (χ3v) is 4.25. The maximum absolute atomic E-state index is 12.0. The van der Waals surface area contributed by atoms with Crippen LogP contribution in [0.25, 0.3) is 0 Å². The minimum atomic E-state index is -3.67. The van der Waals surface area contributed by atoms with Crippen LogP contribution in [0.4, 0.5) is 0 Å². The molecule has 7 nitrogen and oxygen atoms in total. The molecule has 0 aromatic carbocycles. The van der Waals surface area contributed by atoms with Gasteiger partial charge in [-0.05, 0) is 25.0 Å². The summed E-state index contributed by atoms with van der Waals surface area (Å²) in [4.78, 5) is 0. The maximum atomic E-state index is 12.0. The number of hydrogen-bond acceptors (Lipinski definition) is 6. The van der Waals surface area contributed by atoms with Crippen molar-refractivity contribution in [1.82, 2.24) is 15.2 Å². The van der Waals surface area contributed by atoms with E-state index in [1.165, 1.54) is 25.1 Å². The second-order valence-electron chi connectivity index (χ2n) is 4.68. The van der Waals surface area contributed by atoms with E-state index in [-0.39, 0.29) is 11.6 Å². The SMILES string of the molecule is O=S(=O)(NCc1ccno1)c1ccc(CNC2CC2)o1. The largest absolute Gasteiger partial charge is 0.447 e. The Kier molecular flexibility index (Phi) is 3.60. The molecular formula is C12H15N3O4S. The van der Waals surface area contributed by atoms with Gasteiger partial charge < -0.3 is 14.3 Å². The Morgan fingerprint density at radius 3 is 2.75 bits per heavy atom. The lowest BCUT2D eigenvalue weighted by Crippen LogP contribution is -2.22. The van der Waals surface area contributed by atoms with Crippen LogP contribution in [0.1, 0.15) is 24.4 Å². The molecule has 0 saturated heterocycles. The van der Waals surface area contributed by atoms with Gasteiger partial charge in [-0.3, -0.25) is 0 Å². The summed E-state index contributed by atoms with van der Waals surface area (Å²) in [5.74, 6) is 1.05. The van der Waals surface area contributed by atoms with Crippen molar-refractivity contribution in [2.45, 2.75) is 37.1 Å². The molecule has 0 amide bonds. The molecule has 0 atom stereocenters. The average Bonchev–Trinajstić information content (AvgIpc) is 2.94. The summed E-state index contributed by atoms with van der Waals surface area (Å²) < 4.78 is 36.6. The highest BCUT2D eigenvalue weighted by molar-refractivity contribution is 7.89. The fraction of sp³-hybridized carbons (Fsp3) is 0.417. The third kappa shape index (κ3) is 3.27. The maximum Gasteiger partial charge on any atom is 0.274 e. The van der Waals surface area contributed by atoms with Crippen LogP contribution in [0.2, 0.25) is 0 Å². The second kappa shape index (κ2) is 5.39. The lowest BCUT2D eigenvalue weighted by Gasteiger charge is -2.02. The molecule has 0 radical (unpaired) electrons. The van der Waals surface area contributed by atoms with Crippen molar-refractivity contribution in [3.8, 4) is 0 Å². The normalized spacial score (nSPS) is 15.6. The molecule has 3 rings (SSSR count). The molecule has 108 valence electrons. The van der Waals surface area contributed by atoms with E-state index in [4.69, 9.17) is 8.94 Å². The van der Waals surface area contributed by atoms with Gasteiger partial charge in [-0.1, -0.05) is 5.16 Å². The first-order valence-corrected chi connectivity index (χ1v) is 7.83. The van der Waals surface area contributed by atoms with E-state index in [2.05, 4.69) is 15.2 Å². The molecule has 2 heterocycles. The molecule has 0 unspecified atom stereocenters. The first kappa shape index (κ1) is 13.3. The molecule has 0 aliphatic heterocycles. The zero-order chi connectivity index (χ0) is 14.0. The summed E-state index contributed by atoms with van der Waals surface area (Å²) in [6, 6.07) is 5.26. The molecule has 2 N–H and O–H groups in total. The van der Waals surface area contributed by atoms with Gasteiger partial charge in [-0.2, -0.15) is 0 Å². The molecule has 0 bridgehead atoms. The van der Waals surface area contributed by atoms with Crippen molar-refractivity contribution in [3.05, 3.63) is 35.9 Å². The average molecular weight is 297 g/mol. The Morgan fingerprint density at radius 2 is 2.05 bits per heavy atom. The number of nitrogens with zero attached hydrogens (tertiary/aromatic N) is 1. The number of hydrogen-bond donors (Lipinski definition) is 2. The Morgan fingerprint density at radius 1 is 1.20 bits per heavy atom. The molecule has 1 aliphatic carbocycles. The van der Waals surface area contributed by atoms with Gasteiger partial charge in [-0.15, -0.1) is 0 Å². The van der Waals surface area contributed by atoms with Crippen molar-refractivity contribution >= 4 is 10.0 Å². The minimum absolute atomic E-state index is 0.0404. The predicted molar refractivity (Wildman–Crippen MR) is 69.1 cm³/mol. The van der Waals surface area contributed by atoms with Crippen LogP contribution in [-0.2, 0) is 23.1 Å². The minimum Gasteiger partial charge on any atom is -0.447 e. The molecule has 8 heteroatoms. The quantitative estimate of drug-likeness (QED) is 0.791. The Balaban J connectivity index is 1.61. The van der Waals surface area contributed by atoms with Crippen LogP contribution < -0.4 is 10.0 Å². The van der Waals surface area contributed by atoms with Crippen molar-refractivity contribution in [2.75, 3.05) is 0 Å². The Hall–Kier alpha value is -1.64. The topological polar surface area (TPSA) is 97.4 Å². The second-order valence-corrected chi connectivity index (χ2v) is 6.38. The summed E-state index contributed by atoms with van der Waals surface area (Å²) in [7, 11) is -3.67. The number of aromatic nitrogens is 1. The van der Waals surface area contributed by atoms with Crippen LogP contribution >= 0.6 is 0 Å². The first-order chi connectivity index (χ1) is 9.63. The smallest absolute Gasteiger partial charge is 0.274 e. The summed E-state index contributed by atoms with van der Waals surface area (Å²) in [5, 5.41) is 6.67. The van der Waals surface area contributed by atoms with E-state index in [0.717, 1.165) is 0 Å². The number of rotatable bonds is 7. The molecular weight excluding hydrogens is 282 g/mol. The summed E-state index contributed by atoms with van der Waals surface area (Å²) in [5.41, 5.74) is 0. The third-order valence-electron chi connectivity index (χ3n) is 2.97. The van der Waals surface area contributed by atoms with E-state index in [0.29, 0.717) is 24.1 Å². The Labute approximate surface area is 116 Å². The van der Waals surface area contributed by atoms with Gasteiger partial charge in [0.05, 0.1) is 19.3 Å². The van der Waals surface area contributed by atoms with Crippen molar-refractivity contribution in [3.63, 3.8) is 0 Å². The number of sulfonamides is 1. The molecule has 1 aliphatic rings.